The summed E-state index contributed by atoms with van der Waals surface area (Å²) in [6.07, 6.45) is 6.40. The first-order valence-electron chi connectivity index (χ1n) is 9.28. The van der Waals surface area contributed by atoms with Gasteiger partial charge >= 0.3 is 0 Å². The molecule has 3 heterocycles. The van der Waals surface area contributed by atoms with Crippen LogP contribution in [-0.2, 0) is 17.9 Å². The summed E-state index contributed by atoms with van der Waals surface area (Å²) in [5.41, 5.74) is 0.625. The van der Waals surface area contributed by atoms with Gasteiger partial charge in [-0.05, 0) is 32.9 Å². The quantitative estimate of drug-likeness (QED) is 0.833. The molecule has 0 radical (unpaired) electrons. The fourth-order valence-corrected chi connectivity index (χ4v) is 3.32. The van der Waals surface area contributed by atoms with Crippen LogP contribution in [-0.4, -0.2) is 40.7 Å². The Hall–Kier alpha value is -2.61. The van der Waals surface area contributed by atoms with Crippen LogP contribution >= 0.6 is 0 Å². The second-order valence-electron chi connectivity index (χ2n) is 6.89. The molecule has 0 aliphatic carbocycles. The predicted octanol–water partition coefficient (Wildman–Crippen LogP) is 2.17. The van der Waals surface area contributed by atoms with Crippen molar-refractivity contribution < 1.29 is 14.1 Å². The highest BCUT2D eigenvalue weighted by Gasteiger charge is 2.16. The van der Waals surface area contributed by atoms with E-state index in [2.05, 4.69) is 15.4 Å². The summed E-state index contributed by atoms with van der Waals surface area (Å²) in [6.45, 7) is 4.46. The summed E-state index contributed by atoms with van der Waals surface area (Å²) in [7, 11) is 1.45. The lowest BCUT2D eigenvalue weighted by Gasteiger charge is -2.22. The van der Waals surface area contributed by atoms with Crippen molar-refractivity contribution in [3.8, 4) is 5.75 Å². The van der Waals surface area contributed by atoms with Gasteiger partial charge in [-0.25, -0.2) is 0 Å². The van der Waals surface area contributed by atoms with E-state index < -0.39 is 0 Å². The topological polar surface area (TPSA) is 89.6 Å². The molecule has 146 valence electrons. The lowest BCUT2D eigenvalue weighted by atomic mass is 10.2. The maximum absolute atomic E-state index is 12.4. The summed E-state index contributed by atoms with van der Waals surface area (Å²) >= 11 is 0. The van der Waals surface area contributed by atoms with Crippen molar-refractivity contribution in [2.75, 3.05) is 25.5 Å². The highest BCUT2D eigenvalue weighted by Crippen LogP contribution is 2.15. The normalized spacial score (nSPS) is 15.3. The minimum atomic E-state index is -0.244. The zero-order valence-electron chi connectivity index (χ0n) is 15.9. The highest BCUT2D eigenvalue weighted by atomic mass is 16.5. The Morgan fingerprint density at radius 1 is 1.26 bits per heavy atom. The van der Waals surface area contributed by atoms with Crippen molar-refractivity contribution >= 4 is 11.7 Å². The number of carbonyl (C=O) groups excluding carboxylic acids is 1. The number of nitrogens with zero attached hydrogens (tertiary/aromatic N) is 3. The molecule has 1 fully saturated rings. The molecule has 2 aromatic heterocycles. The minimum absolute atomic E-state index is 0.0612. The number of ether oxygens (including phenoxy) is 1. The molecule has 2 aromatic rings. The van der Waals surface area contributed by atoms with Crippen molar-refractivity contribution in [1.82, 2.24) is 14.6 Å². The molecular formula is C19H26N4O4. The smallest absolute Gasteiger partial charge is 0.245 e. The van der Waals surface area contributed by atoms with E-state index in [0.29, 0.717) is 18.1 Å². The summed E-state index contributed by atoms with van der Waals surface area (Å²) in [5, 5.41) is 6.48. The maximum Gasteiger partial charge on any atom is 0.245 e. The molecule has 8 heteroatoms. The van der Waals surface area contributed by atoms with E-state index in [1.807, 2.05) is 0 Å². The molecule has 1 N–H and O–H groups in total. The van der Waals surface area contributed by atoms with E-state index in [1.165, 1.54) is 20.0 Å². The number of likely N-dealkylation sites (tertiary alicyclic amines) is 1. The summed E-state index contributed by atoms with van der Waals surface area (Å²) in [5.74, 6) is 0.975. The number of methoxy groups -OCH3 is 1. The molecule has 0 atom stereocenters. The van der Waals surface area contributed by atoms with Crippen LogP contribution in [0.2, 0.25) is 0 Å². The molecular weight excluding hydrogens is 348 g/mol. The minimum Gasteiger partial charge on any atom is -0.491 e. The van der Waals surface area contributed by atoms with Crippen LogP contribution in [0, 0.1) is 6.92 Å². The van der Waals surface area contributed by atoms with Crippen LogP contribution in [0.3, 0.4) is 0 Å². The van der Waals surface area contributed by atoms with Gasteiger partial charge in [-0.15, -0.1) is 0 Å². The third-order valence-electron chi connectivity index (χ3n) is 4.70. The fraction of sp³-hybridized carbons (Fsp3) is 0.526. The first-order chi connectivity index (χ1) is 13.0. The number of aryl methyl sites for hydroxylation is 1. The number of hydrogen-bond donors (Lipinski definition) is 1. The Balaban J connectivity index is 1.78. The van der Waals surface area contributed by atoms with Crippen LogP contribution in [0.1, 0.15) is 37.1 Å². The number of rotatable bonds is 6. The third kappa shape index (κ3) is 5.19. The Kier molecular flexibility index (Phi) is 6.28. The van der Waals surface area contributed by atoms with E-state index in [9.17, 15) is 9.59 Å². The Bertz CT molecular complexity index is 834. The van der Waals surface area contributed by atoms with Gasteiger partial charge in [-0.1, -0.05) is 18.0 Å². The number of nitrogens with one attached hydrogen (secondary N) is 1. The third-order valence-corrected chi connectivity index (χ3v) is 4.70. The zero-order chi connectivity index (χ0) is 19.2. The molecule has 8 nitrogen and oxygen atoms in total. The van der Waals surface area contributed by atoms with Crippen molar-refractivity contribution in [3.63, 3.8) is 0 Å². The maximum atomic E-state index is 12.4. The van der Waals surface area contributed by atoms with Crippen molar-refractivity contribution in [2.45, 2.75) is 45.7 Å². The standard InChI is InChI=1S/C19H26N4O4/c1-14-9-18(21-27-14)20-19(25)13-23-12-17(26-2)16(24)10-15(23)11-22-7-5-3-4-6-8-22/h9-10,12H,3-8,11,13H2,1-2H3,(H,20,21,25). The second-order valence-corrected chi connectivity index (χ2v) is 6.89. The van der Waals surface area contributed by atoms with E-state index in [0.717, 1.165) is 31.6 Å². The fourth-order valence-electron chi connectivity index (χ4n) is 3.32. The van der Waals surface area contributed by atoms with Gasteiger partial charge in [0, 0.05) is 24.4 Å². The summed E-state index contributed by atoms with van der Waals surface area (Å²) in [4.78, 5) is 27.0. The van der Waals surface area contributed by atoms with Gasteiger partial charge in [0.2, 0.25) is 11.3 Å². The van der Waals surface area contributed by atoms with E-state index in [4.69, 9.17) is 9.26 Å². The first-order valence-corrected chi connectivity index (χ1v) is 9.28. The molecule has 0 unspecified atom stereocenters. The SMILES string of the molecule is COc1cn(CC(=O)Nc2cc(C)on2)c(CN2CCCCCC2)cc1=O. The monoisotopic (exact) mass is 374 g/mol. The number of carbonyl (C=O) groups is 1. The van der Waals surface area contributed by atoms with Gasteiger partial charge in [0.1, 0.15) is 12.3 Å². The number of hydrogen-bond acceptors (Lipinski definition) is 6. The Morgan fingerprint density at radius 3 is 2.63 bits per heavy atom. The molecule has 1 saturated heterocycles. The van der Waals surface area contributed by atoms with Gasteiger partial charge in [-0.3, -0.25) is 14.5 Å². The van der Waals surface area contributed by atoms with Crippen LogP contribution in [0.4, 0.5) is 5.82 Å². The number of aromatic nitrogens is 2. The summed E-state index contributed by atoms with van der Waals surface area (Å²) in [6, 6.07) is 3.22. The average Bonchev–Trinajstić information content (AvgIpc) is 2.88. The summed E-state index contributed by atoms with van der Waals surface area (Å²) < 4.78 is 11.9. The lowest BCUT2D eigenvalue weighted by molar-refractivity contribution is -0.116. The molecule has 0 aromatic carbocycles. The predicted molar refractivity (Wildman–Crippen MR) is 101 cm³/mol. The molecule has 1 aliphatic rings. The lowest BCUT2D eigenvalue weighted by Crippen LogP contribution is -2.29. The van der Waals surface area contributed by atoms with Gasteiger partial charge in [0.05, 0.1) is 13.3 Å². The number of pyridine rings is 1. The van der Waals surface area contributed by atoms with Gasteiger partial charge < -0.3 is 19.1 Å². The van der Waals surface area contributed by atoms with Gasteiger partial charge in [-0.2, -0.15) is 0 Å². The van der Waals surface area contributed by atoms with E-state index >= 15 is 0 Å². The Labute approximate surface area is 158 Å². The van der Waals surface area contributed by atoms with Crippen LogP contribution in [0.5, 0.6) is 5.75 Å². The van der Waals surface area contributed by atoms with Gasteiger partial charge in [0.15, 0.2) is 11.6 Å². The van der Waals surface area contributed by atoms with Crippen molar-refractivity contribution in [2.24, 2.45) is 0 Å². The molecule has 1 aliphatic heterocycles. The van der Waals surface area contributed by atoms with Gasteiger partial charge in [0.25, 0.3) is 0 Å². The van der Waals surface area contributed by atoms with E-state index in [-0.39, 0.29) is 23.6 Å². The molecule has 3 rings (SSSR count). The first kappa shape index (κ1) is 19.2. The number of amides is 1. The average molecular weight is 374 g/mol. The highest BCUT2D eigenvalue weighted by molar-refractivity contribution is 5.89. The molecule has 27 heavy (non-hydrogen) atoms. The Morgan fingerprint density at radius 2 is 2.00 bits per heavy atom. The van der Waals surface area contributed by atoms with E-state index in [1.54, 1.807) is 29.8 Å². The van der Waals surface area contributed by atoms with Crippen LogP contribution in [0.15, 0.2) is 27.6 Å². The van der Waals surface area contributed by atoms with Crippen molar-refractivity contribution in [3.05, 3.63) is 40.0 Å². The van der Waals surface area contributed by atoms with Crippen LogP contribution in [0.25, 0.3) is 0 Å². The largest absolute Gasteiger partial charge is 0.491 e. The van der Waals surface area contributed by atoms with Crippen LogP contribution < -0.4 is 15.5 Å². The molecule has 0 bridgehead atoms. The molecule has 0 saturated carbocycles. The second kappa shape index (κ2) is 8.85. The molecule has 1 amide bonds. The molecule has 0 spiro atoms. The van der Waals surface area contributed by atoms with Crippen molar-refractivity contribution in [1.29, 1.82) is 0 Å². The zero-order valence-corrected chi connectivity index (χ0v) is 15.9. The number of anilines is 1.